The molecule has 1 amide bonds. The monoisotopic (exact) mass is 440 g/mol. The number of amides is 1. The molecule has 0 radical (unpaired) electrons. The smallest absolute Gasteiger partial charge is 0.271 e. The van der Waals surface area contributed by atoms with Crippen molar-refractivity contribution in [1.82, 2.24) is 9.47 Å². The number of carbonyl (C=O) groups is 1. The minimum Gasteiger partial charge on any atom is -0.367 e. The Morgan fingerprint density at radius 3 is 2.65 bits per heavy atom. The second-order valence-electron chi connectivity index (χ2n) is 7.30. The number of hydrogen-bond acceptors (Lipinski definition) is 5. The Kier molecular flexibility index (Phi) is 7.08. The zero-order valence-electron chi connectivity index (χ0n) is 17.7. The Labute approximate surface area is 185 Å². The lowest BCUT2D eigenvalue weighted by Gasteiger charge is -2.36. The Morgan fingerprint density at radius 2 is 2.10 bits per heavy atom. The van der Waals surface area contributed by atoms with Crippen LogP contribution in [0.2, 0.25) is 0 Å². The summed E-state index contributed by atoms with van der Waals surface area (Å²) < 4.78 is 15.9. The van der Waals surface area contributed by atoms with E-state index in [9.17, 15) is 19.2 Å². The molecule has 8 heteroatoms. The number of pyridine rings is 1. The Balaban J connectivity index is 1.92. The zero-order valence-corrected chi connectivity index (χ0v) is 18.5. The Hall–Kier alpha value is -3.18. The van der Waals surface area contributed by atoms with Gasteiger partial charge in [-0.25, -0.2) is 4.39 Å². The molecule has 162 valence electrons. The standard InChI is InChI=1S/C23H25FN4O2S/c1-4-16(3)19(24)13-17-14-20(18(15-25)22(29)28(17)5-2)26-8-10-27(11-9-26)23(30)21-7-6-12-31-21/h4,6-7,12-14,16H,1,5,8-11H2,2-3H3. The van der Waals surface area contributed by atoms with Gasteiger partial charge in [-0.15, -0.1) is 17.9 Å². The van der Waals surface area contributed by atoms with Gasteiger partial charge in [0.1, 0.15) is 17.5 Å². The quantitative estimate of drug-likeness (QED) is 0.639. The average Bonchev–Trinajstić information content (AvgIpc) is 3.33. The number of nitriles is 1. The minimum atomic E-state index is -0.480. The first kappa shape index (κ1) is 22.5. The van der Waals surface area contributed by atoms with Crippen LogP contribution in [0.5, 0.6) is 0 Å². The van der Waals surface area contributed by atoms with E-state index in [0.717, 1.165) is 0 Å². The molecule has 0 saturated carbocycles. The van der Waals surface area contributed by atoms with Crippen molar-refractivity contribution in [2.45, 2.75) is 20.4 Å². The maximum Gasteiger partial charge on any atom is 0.271 e. The van der Waals surface area contributed by atoms with Crippen molar-refractivity contribution in [1.29, 1.82) is 5.26 Å². The van der Waals surface area contributed by atoms with E-state index in [4.69, 9.17) is 0 Å². The highest BCUT2D eigenvalue weighted by Gasteiger charge is 2.26. The summed E-state index contributed by atoms with van der Waals surface area (Å²) in [5.41, 5.74) is 0.481. The number of halogens is 1. The fourth-order valence-corrected chi connectivity index (χ4v) is 4.23. The molecule has 2 aromatic heterocycles. The normalized spacial score (nSPS) is 15.5. The molecule has 0 spiro atoms. The van der Waals surface area contributed by atoms with Crippen LogP contribution in [0.1, 0.15) is 34.8 Å². The highest BCUT2D eigenvalue weighted by molar-refractivity contribution is 7.12. The van der Waals surface area contributed by atoms with Gasteiger partial charge in [0.2, 0.25) is 0 Å². The zero-order chi connectivity index (χ0) is 22.5. The molecule has 1 unspecified atom stereocenters. The van der Waals surface area contributed by atoms with Crippen molar-refractivity contribution in [2.75, 3.05) is 31.1 Å². The van der Waals surface area contributed by atoms with Crippen LogP contribution >= 0.6 is 11.3 Å². The Morgan fingerprint density at radius 1 is 1.39 bits per heavy atom. The molecular formula is C23H25FN4O2S. The van der Waals surface area contributed by atoms with Crippen LogP contribution in [0, 0.1) is 17.2 Å². The summed E-state index contributed by atoms with van der Waals surface area (Å²) in [4.78, 5) is 29.9. The number of piperazine rings is 1. The molecule has 6 nitrogen and oxygen atoms in total. The molecule has 0 aliphatic carbocycles. The minimum absolute atomic E-state index is 0.0133. The molecule has 1 fully saturated rings. The maximum atomic E-state index is 14.5. The van der Waals surface area contributed by atoms with E-state index >= 15 is 0 Å². The summed E-state index contributed by atoms with van der Waals surface area (Å²) >= 11 is 1.40. The number of hydrogen-bond donors (Lipinski definition) is 0. The third-order valence-corrected chi connectivity index (χ3v) is 6.31. The number of thiophene rings is 1. The summed E-state index contributed by atoms with van der Waals surface area (Å²) in [5, 5.41) is 11.5. The van der Waals surface area contributed by atoms with Crippen molar-refractivity contribution in [3.05, 3.63) is 68.5 Å². The van der Waals surface area contributed by atoms with E-state index in [1.54, 1.807) is 30.9 Å². The maximum absolute atomic E-state index is 14.5. The van der Waals surface area contributed by atoms with Crippen molar-refractivity contribution < 1.29 is 9.18 Å². The summed E-state index contributed by atoms with van der Waals surface area (Å²) in [6.07, 6.45) is 2.83. The van der Waals surface area contributed by atoms with Gasteiger partial charge in [-0.1, -0.05) is 19.1 Å². The van der Waals surface area contributed by atoms with Crippen molar-refractivity contribution >= 4 is 29.0 Å². The van der Waals surface area contributed by atoms with E-state index < -0.39 is 17.3 Å². The number of nitrogens with zero attached hydrogens (tertiary/aromatic N) is 4. The molecule has 31 heavy (non-hydrogen) atoms. The molecule has 1 atom stereocenters. The third kappa shape index (κ3) is 4.62. The largest absolute Gasteiger partial charge is 0.367 e. The molecular weight excluding hydrogens is 415 g/mol. The lowest BCUT2D eigenvalue weighted by Crippen LogP contribution is -2.49. The number of aromatic nitrogens is 1. The molecule has 1 aliphatic rings. The van der Waals surface area contributed by atoms with Gasteiger partial charge in [0, 0.05) is 44.3 Å². The highest BCUT2D eigenvalue weighted by atomic mass is 32.1. The van der Waals surface area contributed by atoms with Gasteiger partial charge in [-0.05, 0) is 30.5 Å². The first-order valence-electron chi connectivity index (χ1n) is 10.2. The van der Waals surface area contributed by atoms with E-state index in [2.05, 4.69) is 6.58 Å². The fourth-order valence-electron chi connectivity index (χ4n) is 3.54. The fraction of sp³-hybridized carbons (Fsp3) is 0.348. The predicted octanol–water partition coefficient (Wildman–Crippen LogP) is 3.90. The molecule has 0 bridgehead atoms. The topological polar surface area (TPSA) is 69.3 Å². The van der Waals surface area contributed by atoms with Gasteiger partial charge in [0.05, 0.1) is 10.6 Å². The van der Waals surface area contributed by atoms with Crippen LogP contribution in [0.15, 0.2) is 46.9 Å². The first-order chi connectivity index (χ1) is 14.9. The van der Waals surface area contributed by atoms with Gasteiger partial charge < -0.3 is 14.4 Å². The average molecular weight is 441 g/mol. The first-order valence-corrected chi connectivity index (χ1v) is 11.0. The SMILES string of the molecule is C=CC(C)C(F)=Cc1cc(N2CCN(C(=O)c3cccs3)CC2)c(C#N)c(=O)n1CC. The molecule has 1 saturated heterocycles. The van der Waals surface area contributed by atoms with Crippen LogP contribution in [-0.4, -0.2) is 41.6 Å². The van der Waals surface area contributed by atoms with Gasteiger partial charge in [-0.2, -0.15) is 5.26 Å². The van der Waals surface area contributed by atoms with Gasteiger partial charge in [0.15, 0.2) is 0 Å². The van der Waals surface area contributed by atoms with E-state index in [1.807, 2.05) is 22.4 Å². The number of allylic oxidation sites excluding steroid dienone is 2. The number of rotatable bonds is 6. The summed E-state index contributed by atoms with van der Waals surface area (Å²) in [6.45, 7) is 9.31. The van der Waals surface area contributed by atoms with Gasteiger partial charge in [-0.3, -0.25) is 9.59 Å². The summed E-state index contributed by atoms with van der Waals surface area (Å²) in [7, 11) is 0. The lowest BCUT2D eigenvalue weighted by molar-refractivity contribution is 0.0751. The molecule has 3 rings (SSSR count). The van der Waals surface area contributed by atoms with Gasteiger partial charge in [0.25, 0.3) is 11.5 Å². The highest BCUT2D eigenvalue weighted by Crippen LogP contribution is 2.25. The van der Waals surface area contributed by atoms with Crippen LogP contribution in [-0.2, 0) is 6.54 Å². The van der Waals surface area contributed by atoms with Crippen LogP contribution in [0.4, 0.5) is 10.1 Å². The van der Waals surface area contributed by atoms with Gasteiger partial charge >= 0.3 is 0 Å². The molecule has 3 heterocycles. The van der Waals surface area contributed by atoms with E-state index in [1.165, 1.54) is 28.1 Å². The lowest BCUT2D eigenvalue weighted by atomic mass is 10.1. The van der Waals surface area contributed by atoms with E-state index in [0.29, 0.717) is 49.0 Å². The van der Waals surface area contributed by atoms with Crippen molar-refractivity contribution in [2.24, 2.45) is 5.92 Å². The number of carbonyl (C=O) groups excluding carboxylic acids is 1. The molecule has 0 aromatic carbocycles. The van der Waals surface area contributed by atoms with Crippen LogP contribution < -0.4 is 10.5 Å². The number of anilines is 1. The summed E-state index contributed by atoms with van der Waals surface area (Å²) in [5.74, 6) is -0.898. The van der Waals surface area contributed by atoms with Crippen LogP contribution in [0.25, 0.3) is 6.08 Å². The summed E-state index contributed by atoms with van der Waals surface area (Å²) in [6, 6.07) is 7.36. The van der Waals surface area contributed by atoms with E-state index in [-0.39, 0.29) is 11.5 Å². The van der Waals surface area contributed by atoms with Crippen molar-refractivity contribution in [3.63, 3.8) is 0 Å². The molecule has 0 N–H and O–H groups in total. The Bertz CT molecular complexity index is 1090. The second-order valence-corrected chi connectivity index (χ2v) is 8.25. The van der Waals surface area contributed by atoms with Crippen molar-refractivity contribution in [3.8, 4) is 6.07 Å². The van der Waals surface area contributed by atoms with Crippen LogP contribution in [0.3, 0.4) is 0 Å². The third-order valence-electron chi connectivity index (χ3n) is 5.45. The molecule has 1 aliphatic heterocycles. The second kappa shape index (κ2) is 9.75. The predicted molar refractivity (Wildman–Crippen MR) is 122 cm³/mol. The molecule has 2 aromatic rings.